The average Bonchev–Trinajstić information content (AvgIpc) is 2.57. The first kappa shape index (κ1) is 11.9. The molecule has 1 aromatic rings. The third-order valence-corrected chi connectivity index (χ3v) is 2.95. The number of hydrogen-bond acceptors (Lipinski definition) is 4. The number of aromatic amines is 1. The number of nitrogens with two attached hydrogens (primary N) is 1. The zero-order chi connectivity index (χ0) is 12.3. The minimum atomic E-state index is -0.107. The molecule has 6 heteroatoms. The van der Waals surface area contributed by atoms with E-state index >= 15 is 0 Å². The quantitative estimate of drug-likeness (QED) is 0.782. The van der Waals surface area contributed by atoms with Gasteiger partial charge in [-0.1, -0.05) is 6.92 Å². The Kier molecular flexibility index (Phi) is 3.63. The number of hydrogen-bond donors (Lipinski definition) is 2. The second-order valence-electron chi connectivity index (χ2n) is 4.08. The predicted octanol–water partition coefficient (Wildman–Crippen LogP) is 0.417. The molecule has 3 N–H and O–H groups in total. The first-order valence-corrected chi connectivity index (χ1v) is 5.93. The lowest BCUT2D eigenvalue weighted by Crippen LogP contribution is -2.33. The van der Waals surface area contributed by atoms with Crippen LogP contribution in [0, 0.1) is 0 Å². The van der Waals surface area contributed by atoms with Crippen LogP contribution >= 0.6 is 0 Å². The summed E-state index contributed by atoms with van der Waals surface area (Å²) in [6.45, 7) is 4.56. The fourth-order valence-electron chi connectivity index (χ4n) is 1.92. The lowest BCUT2D eigenvalue weighted by Gasteiger charge is -2.18. The van der Waals surface area contributed by atoms with Gasteiger partial charge < -0.3 is 15.4 Å². The molecular formula is C11H18N4O2. The molecule has 0 bridgehead atoms. The van der Waals surface area contributed by atoms with Gasteiger partial charge in [-0.15, -0.1) is 0 Å². The molecule has 1 aliphatic heterocycles. The van der Waals surface area contributed by atoms with Crippen molar-refractivity contribution in [3.8, 4) is 0 Å². The minimum absolute atomic E-state index is 0.107. The van der Waals surface area contributed by atoms with E-state index in [0.29, 0.717) is 37.7 Å². The number of nitrogens with one attached hydrogen (secondary N) is 1. The summed E-state index contributed by atoms with van der Waals surface area (Å²) in [7, 11) is 0. The maximum absolute atomic E-state index is 12.2. The van der Waals surface area contributed by atoms with E-state index in [2.05, 4.69) is 10.2 Å². The van der Waals surface area contributed by atoms with E-state index < -0.39 is 0 Å². The molecule has 94 valence electrons. The molecule has 0 atom stereocenters. The molecule has 1 fully saturated rings. The summed E-state index contributed by atoms with van der Waals surface area (Å²) in [5, 5.41) is 6.82. The van der Waals surface area contributed by atoms with E-state index in [1.54, 1.807) is 4.90 Å². The number of amides is 1. The van der Waals surface area contributed by atoms with Crippen LogP contribution in [0.4, 0.5) is 5.69 Å². The van der Waals surface area contributed by atoms with Gasteiger partial charge in [0.25, 0.3) is 5.91 Å². The van der Waals surface area contributed by atoms with E-state index in [4.69, 9.17) is 10.5 Å². The molecule has 1 aromatic heterocycles. The maximum atomic E-state index is 12.2. The Hall–Kier alpha value is -1.56. The van der Waals surface area contributed by atoms with E-state index in [-0.39, 0.29) is 5.91 Å². The smallest absolute Gasteiger partial charge is 0.276 e. The first-order valence-electron chi connectivity index (χ1n) is 5.93. The van der Waals surface area contributed by atoms with Crippen molar-refractivity contribution in [1.29, 1.82) is 0 Å². The number of nitrogens with zero attached hydrogens (tertiary/aromatic N) is 2. The SMILES string of the molecule is CCc1[nH]nc(C(=O)N2CCCOCC2)c1N. The molecule has 0 unspecified atom stereocenters. The van der Waals surface area contributed by atoms with Crippen molar-refractivity contribution < 1.29 is 9.53 Å². The Balaban J connectivity index is 2.14. The molecule has 0 saturated carbocycles. The van der Waals surface area contributed by atoms with Gasteiger partial charge in [0.1, 0.15) is 0 Å². The van der Waals surface area contributed by atoms with E-state index in [1.807, 2.05) is 6.92 Å². The third kappa shape index (κ3) is 2.41. The van der Waals surface area contributed by atoms with Crippen LogP contribution in [0.2, 0.25) is 0 Å². The van der Waals surface area contributed by atoms with Crippen LogP contribution in [0.3, 0.4) is 0 Å². The van der Waals surface area contributed by atoms with Gasteiger partial charge in [-0.25, -0.2) is 0 Å². The topological polar surface area (TPSA) is 84.2 Å². The number of nitrogen functional groups attached to an aromatic ring is 1. The van der Waals surface area contributed by atoms with Crippen molar-refractivity contribution in [2.45, 2.75) is 19.8 Å². The number of carbonyl (C=O) groups excluding carboxylic acids is 1. The minimum Gasteiger partial charge on any atom is -0.395 e. The van der Waals surface area contributed by atoms with Crippen LogP contribution in [0.25, 0.3) is 0 Å². The molecule has 1 saturated heterocycles. The Morgan fingerprint density at radius 2 is 2.35 bits per heavy atom. The molecule has 1 amide bonds. The maximum Gasteiger partial charge on any atom is 0.276 e. The summed E-state index contributed by atoms with van der Waals surface area (Å²) in [5.41, 5.74) is 7.52. The summed E-state index contributed by atoms with van der Waals surface area (Å²) < 4.78 is 5.31. The van der Waals surface area contributed by atoms with Gasteiger partial charge >= 0.3 is 0 Å². The second-order valence-corrected chi connectivity index (χ2v) is 4.08. The molecular weight excluding hydrogens is 220 g/mol. The van der Waals surface area contributed by atoms with Gasteiger partial charge in [-0.2, -0.15) is 5.10 Å². The number of aryl methyl sites for hydroxylation is 1. The zero-order valence-electron chi connectivity index (χ0n) is 10.0. The second kappa shape index (κ2) is 5.18. The summed E-state index contributed by atoms with van der Waals surface area (Å²) in [6, 6.07) is 0. The standard InChI is InChI=1S/C11H18N4O2/c1-2-8-9(12)10(14-13-8)11(16)15-4-3-6-17-7-5-15/h2-7,12H2,1H3,(H,13,14). The highest BCUT2D eigenvalue weighted by Crippen LogP contribution is 2.17. The summed E-state index contributed by atoms with van der Waals surface area (Å²) in [5.74, 6) is -0.107. The highest BCUT2D eigenvalue weighted by molar-refractivity contribution is 5.97. The van der Waals surface area contributed by atoms with Crippen molar-refractivity contribution in [3.63, 3.8) is 0 Å². The number of ether oxygens (including phenoxy) is 1. The summed E-state index contributed by atoms with van der Waals surface area (Å²) in [4.78, 5) is 14.0. The molecule has 1 aliphatic rings. The number of rotatable bonds is 2. The predicted molar refractivity (Wildman–Crippen MR) is 63.7 cm³/mol. The van der Waals surface area contributed by atoms with Gasteiger partial charge in [0.15, 0.2) is 5.69 Å². The molecule has 0 spiro atoms. The molecule has 6 nitrogen and oxygen atoms in total. The van der Waals surface area contributed by atoms with E-state index in [1.165, 1.54) is 0 Å². The lowest BCUT2D eigenvalue weighted by atomic mass is 10.2. The molecule has 2 heterocycles. The summed E-state index contributed by atoms with van der Waals surface area (Å²) >= 11 is 0. The molecule has 0 radical (unpaired) electrons. The lowest BCUT2D eigenvalue weighted by molar-refractivity contribution is 0.0736. The monoisotopic (exact) mass is 238 g/mol. The fraction of sp³-hybridized carbons (Fsp3) is 0.636. The van der Waals surface area contributed by atoms with Gasteiger partial charge in [0, 0.05) is 19.7 Å². The van der Waals surface area contributed by atoms with Crippen LogP contribution < -0.4 is 5.73 Å². The highest BCUT2D eigenvalue weighted by Gasteiger charge is 2.23. The number of carbonyl (C=O) groups is 1. The van der Waals surface area contributed by atoms with Gasteiger partial charge in [-0.05, 0) is 12.8 Å². The average molecular weight is 238 g/mol. The Labute approximate surface area is 100 Å². The normalized spacial score (nSPS) is 16.9. The molecule has 17 heavy (non-hydrogen) atoms. The molecule has 2 rings (SSSR count). The summed E-state index contributed by atoms with van der Waals surface area (Å²) in [6.07, 6.45) is 1.60. The van der Waals surface area contributed by atoms with E-state index in [9.17, 15) is 4.79 Å². The van der Waals surface area contributed by atoms with Crippen LogP contribution in [0.1, 0.15) is 29.5 Å². The Bertz CT molecular complexity index is 394. The Morgan fingerprint density at radius 3 is 3.06 bits per heavy atom. The zero-order valence-corrected chi connectivity index (χ0v) is 10.0. The van der Waals surface area contributed by atoms with E-state index in [0.717, 1.165) is 18.5 Å². The number of aromatic nitrogens is 2. The van der Waals surface area contributed by atoms with Crippen LogP contribution in [-0.2, 0) is 11.2 Å². The molecule has 0 aliphatic carbocycles. The molecule has 0 aromatic carbocycles. The van der Waals surface area contributed by atoms with Crippen molar-refractivity contribution >= 4 is 11.6 Å². The van der Waals surface area contributed by atoms with Crippen LogP contribution in [0.5, 0.6) is 0 Å². The third-order valence-electron chi connectivity index (χ3n) is 2.95. The Morgan fingerprint density at radius 1 is 1.53 bits per heavy atom. The van der Waals surface area contributed by atoms with Crippen molar-refractivity contribution in [3.05, 3.63) is 11.4 Å². The van der Waals surface area contributed by atoms with Gasteiger partial charge in [0.2, 0.25) is 0 Å². The highest BCUT2D eigenvalue weighted by atomic mass is 16.5. The van der Waals surface area contributed by atoms with Crippen LogP contribution in [-0.4, -0.2) is 47.3 Å². The van der Waals surface area contributed by atoms with Crippen molar-refractivity contribution in [2.75, 3.05) is 32.0 Å². The van der Waals surface area contributed by atoms with Crippen molar-refractivity contribution in [2.24, 2.45) is 0 Å². The largest absolute Gasteiger partial charge is 0.395 e. The van der Waals surface area contributed by atoms with Gasteiger partial charge in [-0.3, -0.25) is 9.89 Å². The first-order chi connectivity index (χ1) is 8.24. The fourth-order valence-corrected chi connectivity index (χ4v) is 1.92. The number of anilines is 1. The van der Waals surface area contributed by atoms with Crippen LogP contribution in [0.15, 0.2) is 0 Å². The van der Waals surface area contributed by atoms with Gasteiger partial charge in [0.05, 0.1) is 18.0 Å². The van der Waals surface area contributed by atoms with Crippen molar-refractivity contribution in [1.82, 2.24) is 15.1 Å². The number of H-pyrrole nitrogens is 1.